The van der Waals surface area contributed by atoms with Gasteiger partial charge in [-0.05, 0) is 50.1 Å². The standard InChI is InChI=1S/C9H4Br2NO2/c10-7-2-1-6(3-8(7)11)14-9-4-12-5-13-9/h1-4H. The van der Waals surface area contributed by atoms with Crippen molar-refractivity contribution >= 4 is 31.9 Å². The zero-order valence-corrected chi connectivity index (χ0v) is 10.0. The molecule has 0 amide bonds. The lowest BCUT2D eigenvalue weighted by molar-refractivity contribution is 0.343. The first-order chi connectivity index (χ1) is 6.75. The highest BCUT2D eigenvalue weighted by Crippen LogP contribution is 2.29. The normalized spacial score (nSPS) is 10.1. The minimum absolute atomic E-state index is 0.319. The van der Waals surface area contributed by atoms with Crippen LogP contribution in [0.4, 0.5) is 0 Å². The van der Waals surface area contributed by atoms with Crippen molar-refractivity contribution in [2.45, 2.75) is 0 Å². The molecule has 3 nitrogen and oxygen atoms in total. The highest BCUT2D eigenvalue weighted by atomic mass is 79.9. The Kier molecular flexibility index (Phi) is 2.88. The summed E-state index contributed by atoms with van der Waals surface area (Å²) in [6, 6.07) is 5.52. The van der Waals surface area contributed by atoms with E-state index in [0.29, 0.717) is 11.7 Å². The molecule has 0 spiro atoms. The second kappa shape index (κ2) is 4.14. The highest BCUT2D eigenvalue weighted by molar-refractivity contribution is 9.13. The number of halogens is 2. The lowest BCUT2D eigenvalue weighted by Crippen LogP contribution is -1.81. The molecule has 0 atom stereocenters. The van der Waals surface area contributed by atoms with Crippen LogP contribution in [-0.4, -0.2) is 4.98 Å². The first-order valence-electron chi connectivity index (χ1n) is 3.70. The molecular weight excluding hydrogens is 314 g/mol. The molecule has 0 N–H and O–H groups in total. The molecule has 1 aromatic heterocycles. The largest absolute Gasteiger partial charge is 0.425 e. The zero-order chi connectivity index (χ0) is 9.97. The van der Waals surface area contributed by atoms with E-state index in [-0.39, 0.29) is 0 Å². The van der Waals surface area contributed by atoms with Crippen molar-refractivity contribution < 1.29 is 9.15 Å². The summed E-state index contributed by atoms with van der Waals surface area (Å²) in [4.78, 5) is 3.62. The van der Waals surface area contributed by atoms with E-state index in [2.05, 4.69) is 43.2 Å². The van der Waals surface area contributed by atoms with Gasteiger partial charge in [-0.15, -0.1) is 0 Å². The first kappa shape index (κ1) is 9.73. The summed E-state index contributed by atoms with van der Waals surface area (Å²) in [5, 5.41) is 0. The molecule has 0 aliphatic heterocycles. The van der Waals surface area contributed by atoms with E-state index in [0.717, 1.165) is 8.95 Å². The molecule has 1 radical (unpaired) electrons. The van der Waals surface area contributed by atoms with Crippen LogP contribution < -0.4 is 4.74 Å². The van der Waals surface area contributed by atoms with Crippen LogP contribution in [0.15, 0.2) is 37.8 Å². The second-order valence-electron chi connectivity index (χ2n) is 2.45. The van der Waals surface area contributed by atoms with E-state index >= 15 is 0 Å². The van der Waals surface area contributed by atoms with Crippen molar-refractivity contribution in [1.29, 1.82) is 0 Å². The third-order valence-electron chi connectivity index (χ3n) is 1.48. The minimum Gasteiger partial charge on any atom is -0.425 e. The van der Waals surface area contributed by atoms with Crippen LogP contribution in [0.5, 0.6) is 11.7 Å². The smallest absolute Gasteiger partial charge is 0.311 e. The van der Waals surface area contributed by atoms with Crippen molar-refractivity contribution in [2.24, 2.45) is 0 Å². The average molecular weight is 318 g/mol. The van der Waals surface area contributed by atoms with Gasteiger partial charge in [-0.3, -0.25) is 0 Å². The number of oxazole rings is 1. The number of rotatable bonds is 2. The summed E-state index contributed by atoms with van der Waals surface area (Å²) < 4.78 is 12.0. The minimum atomic E-state index is 0.319. The van der Waals surface area contributed by atoms with E-state index < -0.39 is 0 Å². The summed E-state index contributed by atoms with van der Waals surface area (Å²) in [6.07, 6.45) is 3.76. The summed E-state index contributed by atoms with van der Waals surface area (Å²) in [7, 11) is 0. The van der Waals surface area contributed by atoms with Crippen molar-refractivity contribution in [2.75, 3.05) is 0 Å². The maximum Gasteiger partial charge on any atom is 0.311 e. The average Bonchev–Trinajstić information content (AvgIpc) is 2.64. The number of ether oxygens (including phenoxy) is 1. The van der Waals surface area contributed by atoms with Gasteiger partial charge in [-0.25, -0.2) is 4.98 Å². The van der Waals surface area contributed by atoms with Crippen LogP contribution in [-0.2, 0) is 0 Å². The van der Waals surface area contributed by atoms with Crippen molar-refractivity contribution in [3.8, 4) is 11.7 Å². The Hall–Kier alpha value is -0.810. The van der Waals surface area contributed by atoms with Crippen LogP contribution in [0, 0.1) is 6.39 Å². The van der Waals surface area contributed by atoms with Gasteiger partial charge in [-0.2, -0.15) is 0 Å². The van der Waals surface area contributed by atoms with Gasteiger partial charge in [-0.1, -0.05) is 0 Å². The van der Waals surface area contributed by atoms with Gasteiger partial charge in [0.1, 0.15) is 11.9 Å². The SMILES string of the molecule is Brc1ccc(Oc2cn[c]o2)cc1Br. The number of aromatic nitrogens is 1. The Bertz CT molecular complexity index is 428. The van der Waals surface area contributed by atoms with E-state index in [4.69, 9.17) is 9.15 Å². The Morgan fingerprint density at radius 3 is 2.79 bits per heavy atom. The van der Waals surface area contributed by atoms with Crippen molar-refractivity contribution in [1.82, 2.24) is 4.98 Å². The van der Waals surface area contributed by atoms with Gasteiger partial charge < -0.3 is 9.15 Å². The third-order valence-corrected chi connectivity index (χ3v) is 3.36. The zero-order valence-electron chi connectivity index (χ0n) is 6.83. The Labute approximate surface area is 97.4 Å². The molecule has 2 aromatic rings. The quantitative estimate of drug-likeness (QED) is 0.845. The molecular formula is C9H4Br2NO2. The molecule has 5 heteroatoms. The lowest BCUT2D eigenvalue weighted by atomic mass is 10.3. The Morgan fingerprint density at radius 1 is 1.29 bits per heavy atom. The van der Waals surface area contributed by atoms with Gasteiger partial charge in [0.2, 0.25) is 0 Å². The summed E-state index contributed by atoms with van der Waals surface area (Å²) in [5.74, 6) is 0.990. The molecule has 0 fully saturated rings. The maximum absolute atomic E-state index is 5.34. The topological polar surface area (TPSA) is 35.3 Å². The number of hydrogen-bond acceptors (Lipinski definition) is 3. The maximum atomic E-state index is 5.34. The molecule has 0 bridgehead atoms. The van der Waals surface area contributed by atoms with Gasteiger partial charge in [0.05, 0.1) is 0 Å². The fourth-order valence-corrected chi connectivity index (χ4v) is 1.48. The van der Waals surface area contributed by atoms with Gasteiger partial charge in [0.15, 0.2) is 0 Å². The molecule has 0 saturated heterocycles. The Morgan fingerprint density at radius 2 is 2.14 bits per heavy atom. The molecule has 0 saturated carbocycles. The third kappa shape index (κ3) is 2.16. The van der Waals surface area contributed by atoms with Crippen LogP contribution in [0.3, 0.4) is 0 Å². The van der Waals surface area contributed by atoms with Crippen LogP contribution in [0.1, 0.15) is 0 Å². The van der Waals surface area contributed by atoms with E-state index in [1.807, 2.05) is 18.2 Å². The molecule has 0 unspecified atom stereocenters. The van der Waals surface area contributed by atoms with Crippen molar-refractivity contribution in [3.05, 3.63) is 39.7 Å². The molecule has 2 rings (SSSR count). The summed E-state index contributed by atoms with van der Waals surface area (Å²) in [5.41, 5.74) is 0. The Balaban J connectivity index is 2.22. The molecule has 1 aromatic carbocycles. The van der Waals surface area contributed by atoms with E-state index in [9.17, 15) is 0 Å². The number of nitrogens with zero attached hydrogens (tertiary/aromatic N) is 1. The van der Waals surface area contributed by atoms with Gasteiger partial charge in [0, 0.05) is 8.95 Å². The lowest BCUT2D eigenvalue weighted by Gasteiger charge is -2.02. The molecule has 71 valence electrons. The summed E-state index contributed by atoms with van der Waals surface area (Å²) in [6.45, 7) is 0. The van der Waals surface area contributed by atoms with E-state index in [1.165, 1.54) is 6.20 Å². The number of benzene rings is 1. The predicted molar refractivity (Wildman–Crippen MR) is 57.3 cm³/mol. The van der Waals surface area contributed by atoms with Gasteiger partial charge >= 0.3 is 5.95 Å². The molecule has 0 aliphatic carbocycles. The van der Waals surface area contributed by atoms with E-state index in [1.54, 1.807) is 0 Å². The predicted octanol–water partition coefficient (Wildman–Crippen LogP) is 3.79. The summed E-state index contributed by atoms with van der Waals surface area (Å²) >= 11 is 6.73. The second-order valence-corrected chi connectivity index (χ2v) is 4.16. The fourth-order valence-electron chi connectivity index (χ4n) is 0.880. The van der Waals surface area contributed by atoms with Crippen LogP contribution >= 0.6 is 31.9 Å². The first-order valence-corrected chi connectivity index (χ1v) is 5.29. The van der Waals surface area contributed by atoms with Crippen LogP contribution in [0.25, 0.3) is 0 Å². The monoisotopic (exact) mass is 316 g/mol. The molecule has 0 aliphatic rings. The highest BCUT2D eigenvalue weighted by Gasteiger charge is 2.02. The number of hydrogen-bond donors (Lipinski definition) is 0. The molecule has 14 heavy (non-hydrogen) atoms. The van der Waals surface area contributed by atoms with Gasteiger partial charge in [0.25, 0.3) is 6.39 Å². The molecule has 1 heterocycles. The van der Waals surface area contributed by atoms with Crippen molar-refractivity contribution in [3.63, 3.8) is 0 Å². The van der Waals surface area contributed by atoms with Crippen LogP contribution in [0.2, 0.25) is 0 Å². The fraction of sp³-hybridized carbons (Fsp3) is 0.